The normalized spacial score (nSPS) is 11.3. The lowest BCUT2D eigenvalue weighted by atomic mass is 10.3. The van der Waals surface area contributed by atoms with E-state index in [1.54, 1.807) is 43.8 Å². The minimum Gasteiger partial charge on any atom is -0.494 e. The van der Waals surface area contributed by atoms with E-state index < -0.39 is 10.0 Å². The number of aromatic amines is 1. The van der Waals surface area contributed by atoms with E-state index >= 15 is 0 Å². The van der Waals surface area contributed by atoms with Crippen LogP contribution in [0.25, 0.3) is 22.1 Å². The summed E-state index contributed by atoms with van der Waals surface area (Å²) in [6.07, 6.45) is 6.23. The highest BCUT2D eigenvalue weighted by molar-refractivity contribution is 7.90. The van der Waals surface area contributed by atoms with E-state index in [9.17, 15) is 8.42 Å². The number of nitrogens with zero attached hydrogens (tertiary/aromatic N) is 3. The molecule has 4 aromatic heterocycles. The van der Waals surface area contributed by atoms with Gasteiger partial charge in [-0.3, -0.25) is 0 Å². The molecule has 33 heavy (non-hydrogen) atoms. The molecular formula is C22H18Cl2N4O4S. The van der Waals surface area contributed by atoms with Gasteiger partial charge in [-0.1, -0.05) is 41.4 Å². The van der Waals surface area contributed by atoms with Crippen molar-refractivity contribution in [3.05, 3.63) is 77.3 Å². The van der Waals surface area contributed by atoms with Crippen LogP contribution < -0.4 is 9.47 Å². The predicted molar refractivity (Wildman–Crippen MR) is 128 cm³/mol. The molecule has 0 unspecified atom stereocenters. The summed E-state index contributed by atoms with van der Waals surface area (Å²) in [6, 6.07) is 11.6. The average molecular weight is 505 g/mol. The first kappa shape index (κ1) is 22.9. The summed E-state index contributed by atoms with van der Waals surface area (Å²) >= 11 is 12.2. The molecule has 5 aromatic rings. The molecule has 0 saturated carbocycles. The molecule has 0 fully saturated rings. The average Bonchev–Trinajstić information content (AvgIpc) is 3.49. The number of nitrogens with one attached hydrogen (secondary N) is 1. The second-order valence-electron chi connectivity index (χ2n) is 6.69. The molecule has 0 radical (unpaired) electrons. The topological polar surface area (TPSA) is 99.1 Å². The third-order valence-corrected chi connectivity index (χ3v) is 7.27. The van der Waals surface area contributed by atoms with Crippen LogP contribution in [-0.2, 0) is 10.0 Å². The molecule has 0 amide bonds. The number of hydrogen-bond donors (Lipinski definition) is 1. The van der Waals surface area contributed by atoms with Crippen molar-refractivity contribution in [1.82, 2.24) is 18.9 Å². The minimum absolute atomic E-state index is 0.191. The summed E-state index contributed by atoms with van der Waals surface area (Å²) in [5.74, 6) is 1.00. The predicted octanol–water partition coefficient (Wildman–Crippen LogP) is 5.16. The number of fused-ring (bicyclic) bond motifs is 2. The van der Waals surface area contributed by atoms with Gasteiger partial charge in [0.2, 0.25) is 0 Å². The van der Waals surface area contributed by atoms with Crippen molar-refractivity contribution in [2.24, 2.45) is 0 Å². The number of benzene rings is 1. The fourth-order valence-electron chi connectivity index (χ4n) is 3.15. The lowest BCUT2D eigenvalue weighted by Crippen LogP contribution is -2.12. The Bertz CT molecular complexity index is 1530. The third-order valence-electron chi connectivity index (χ3n) is 4.81. The van der Waals surface area contributed by atoms with Crippen LogP contribution in [0.3, 0.4) is 0 Å². The Kier molecular flexibility index (Phi) is 6.46. The lowest BCUT2D eigenvalue weighted by Gasteiger charge is -2.08. The van der Waals surface area contributed by atoms with Gasteiger partial charge in [-0.15, -0.1) is 0 Å². The van der Waals surface area contributed by atoms with Crippen molar-refractivity contribution in [2.75, 3.05) is 14.2 Å². The first-order valence-electron chi connectivity index (χ1n) is 9.54. The van der Waals surface area contributed by atoms with E-state index in [0.29, 0.717) is 26.9 Å². The maximum atomic E-state index is 12.6. The van der Waals surface area contributed by atoms with Crippen molar-refractivity contribution in [1.29, 1.82) is 0 Å². The van der Waals surface area contributed by atoms with Crippen molar-refractivity contribution >= 4 is 55.3 Å². The van der Waals surface area contributed by atoms with Gasteiger partial charge in [0.1, 0.15) is 5.65 Å². The summed E-state index contributed by atoms with van der Waals surface area (Å²) in [4.78, 5) is 11.4. The van der Waals surface area contributed by atoms with Crippen LogP contribution in [0.5, 0.6) is 11.5 Å². The van der Waals surface area contributed by atoms with E-state index in [-0.39, 0.29) is 10.5 Å². The van der Waals surface area contributed by atoms with Crippen LogP contribution in [0.15, 0.2) is 72.1 Å². The highest BCUT2D eigenvalue weighted by atomic mass is 35.5. The molecule has 0 atom stereocenters. The molecule has 0 saturated heterocycles. The number of hydrogen-bond acceptors (Lipinski definition) is 6. The summed E-state index contributed by atoms with van der Waals surface area (Å²) in [5.41, 5.74) is 1.05. The van der Waals surface area contributed by atoms with Gasteiger partial charge in [0.15, 0.2) is 17.1 Å². The zero-order valence-corrected chi connectivity index (χ0v) is 19.8. The van der Waals surface area contributed by atoms with Gasteiger partial charge in [0, 0.05) is 23.2 Å². The first-order chi connectivity index (χ1) is 15.9. The Morgan fingerprint density at radius 1 is 0.879 bits per heavy atom. The lowest BCUT2D eigenvalue weighted by molar-refractivity contribution is 0.414. The molecule has 0 aliphatic rings. The highest BCUT2D eigenvalue weighted by Gasteiger charge is 2.21. The Balaban J connectivity index is 0.000000183. The number of methoxy groups -OCH3 is 2. The summed E-state index contributed by atoms with van der Waals surface area (Å²) in [7, 11) is -0.654. The quantitative estimate of drug-likeness (QED) is 0.362. The standard InChI is InChI=1S/C14H11ClN2O3S.C8H7ClN2O/c1-20-12-9-16-14-11(13(12)15)7-8-17(14)21(18,19)10-5-3-2-4-6-10;1-12-6-4-11-8-5(7(6)9)2-3-10-8/h2-9H,1H3;2-4H,1H3,(H,10,11). The molecule has 0 bridgehead atoms. The number of H-pyrrole nitrogens is 1. The van der Waals surface area contributed by atoms with Gasteiger partial charge in [-0.2, -0.15) is 0 Å². The largest absolute Gasteiger partial charge is 0.494 e. The Morgan fingerprint density at radius 3 is 2.18 bits per heavy atom. The number of halogens is 2. The highest BCUT2D eigenvalue weighted by Crippen LogP contribution is 2.33. The minimum atomic E-state index is -3.70. The summed E-state index contributed by atoms with van der Waals surface area (Å²) in [6.45, 7) is 0. The number of aromatic nitrogens is 4. The fraction of sp³-hybridized carbons (Fsp3) is 0.0909. The molecule has 11 heteroatoms. The smallest absolute Gasteiger partial charge is 0.269 e. The SMILES string of the molecule is COc1cnc2[nH]ccc2c1Cl.COc1cnc2c(ccn2S(=O)(=O)c2ccccc2)c1Cl. The van der Waals surface area contributed by atoms with Gasteiger partial charge in [-0.05, 0) is 24.3 Å². The summed E-state index contributed by atoms with van der Waals surface area (Å²) in [5, 5.41) is 2.35. The molecule has 5 rings (SSSR count). The Hall–Kier alpha value is -3.27. The van der Waals surface area contributed by atoms with Crippen molar-refractivity contribution < 1.29 is 17.9 Å². The van der Waals surface area contributed by atoms with Crippen molar-refractivity contribution in [3.8, 4) is 11.5 Å². The monoisotopic (exact) mass is 504 g/mol. The van der Waals surface area contributed by atoms with E-state index in [0.717, 1.165) is 15.0 Å². The van der Waals surface area contributed by atoms with Gasteiger partial charge >= 0.3 is 0 Å². The maximum Gasteiger partial charge on any atom is 0.269 e. The van der Waals surface area contributed by atoms with Crippen LogP contribution in [0.4, 0.5) is 0 Å². The van der Waals surface area contributed by atoms with Crippen LogP contribution in [0, 0.1) is 0 Å². The van der Waals surface area contributed by atoms with Crippen LogP contribution in [0.2, 0.25) is 10.0 Å². The molecule has 1 aromatic carbocycles. The molecule has 170 valence electrons. The van der Waals surface area contributed by atoms with Gasteiger partial charge in [0.25, 0.3) is 10.0 Å². The summed E-state index contributed by atoms with van der Waals surface area (Å²) < 4.78 is 36.5. The zero-order chi connectivity index (χ0) is 23.6. The molecular weight excluding hydrogens is 487 g/mol. The van der Waals surface area contributed by atoms with E-state index in [2.05, 4.69) is 15.0 Å². The van der Waals surface area contributed by atoms with Crippen molar-refractivity contribution in [2.45, 2.75) is 4.90 Å². The van der Waals surface area contributed by atoms with Gasteiger partial charge in [0.05, 0.1) is 41.6 Å². The molecule has 0 aliphatic heterocycles. The molecule has 1 N–H and O–H groups in total. The zero-order valence-electron chi connectivity index (χ0n) is 17.5. The van der Waals surface area contributed by atoms with Crippen LogP contribution in [-0.4, -0.2) is 41.6 Å². The Labute approximate surface area is 199 Å². The van der Waals surface area contributed by atoms with E-state index in [1.165, 1.54) is 31.6 Å². The Morgan fingerprint density at radius 2 is 1.52 bits per heavy atom. The molecule has 0 aliphatic carbocycles. The molecule has 0 spiro atoms. The third kappa shape index (κ3) is 4.22. The molecule has 8 nitrogen and oxygen atoms in total. The second kappa shape index (κ2) is 9.30. The maximum absolute atomic E-state index is 12.6. The fourth-order valence-corrected chi connectivity index (χ4v) is 5.03. The molecule has 4 heterocycles. The number of ether oxygens (including phenoxy) is 2. The number of rotatable bonds is 4. The number of pyridine rings is 2. The van der Waals surface area contributed by atoms with Gasteiger partial charge in [-0.25, -0.2) is 22.4 Å². The van der Waals surface area contributed by atoms with Crippen LogP contribution >= 0.6 is 23.2 Å². The first-order valence-corrected chi connectivity index (χ1v) is 11.7. The van der Waals surface area contributed by atoms with Gasteiger partial charge < -0.3 is 14.5 Å². The van der Waals surface area contributed by atoms with Crippen molar-refractivity contribution in [3.63, 3.8) is 0 Å². The van der Waals surface area contributed by atoms with E-state index in [1.807, 2.05) is 6.07 Å². The van der Waals surface area contributed by atoms with E-state index in [4.69, 9.17) is 32.7 Å². The second-order valence-corrected chi connectivity index (χ2v) is 9.26. The van der Waals surface area contributed by atoms with Crippen LogP contribution in [0.1, 0.15) is 0 Å².